The topological polar surface area (TPSA) is 51.0 Å². The molecule has 1 atom stereocenters. The fraction of sp³-hybridized carbons (Fsp3) is 0.200. The maximum atomic E-state index is 5.27. The van der Waals surface area contributed by atoms with E-state index in [1.54, 1.807) is 29.4 Å². The first-order valence-electron chi connectivity index (χ1n) is 6.62. The van der Waals surface area contributed by atoms with Crippen molar-refractivity contribution in [3.63, 3.8) is 0 Å². The molecule has 0 radical (unpaired) electrons. The van der Waals surface area contributed by atoms with E-state index in [0.29, 0.717) is 11.8 Å². The molecule has 1 unspecified atom stereocenters. The largest absolute Gasteiger partial charge is 0.467 e. The molecule has 2 aromatic heterocycles. The molecule has 0 fully saturated rings. The highest BCUT2D eigenvalue weighted by atomic mass is 32.2. The molecule has 0 aliphatic rings. The molecule has 3 rings (SSSR count). The highest BCUT2D eigenvalue weighted by molar-refractivity contribution is 8.01. The molecule has 0 saturated heterocycles. The first kappa shape index (κ1) is 14.2. The third-order valence-electron chi connectivity index (χ3n) is 2.95. The van der Waals surface area contributed by atoms with Crippen molar-refractivity contribution in [1.29, 1.82) is 0 Å². The molecule has 4 nitrogen and oxygen atoms in total. The van der Waals surface area contributed by atoms with Crippen LogP contribution in [0.4, 0.5) is 5.13 Å². The molecule has 1 N–H and O–H groups in total. The number of anilines is 1. The summed E-state index contributed by atoms with van der Waals surface area (Å²) in [5.41, 5.74) is 1.29. The van der Waals surface area contributed by atoms with E-state index < -0.39 is 0 Å². The van der Waals surface area contributed by atoms with Crippen LogP contribution in [0.1, 0.15) is 23.5 Å². The average molecular weight is 317 g/mol. The third-order valence-corrected chi connectivity index (χ3v) is 5.07. The number of furan rings is 1. The van der Waals surface area contributed by atoms with Gasteiger partial charge in [-0.25, -0.2) is 0 Å². The van der Waals surface area contributed by atoms with Gasteiger partial charge in [-0.15, -0.1) is 10.2 Å². The van der Waals surface area contributed by atoms with Gasteiger partial charge in [-0.1, -0.05) is 53.4 Å². The lowest BCUT2D eigenvalue weighted by Gasteiger charge is -2.08. The molecule has 0 spiro atoms. The van der Waals surface area contributed by atoms with E-state index in [-0.39, 0.29) is 0 Å². The van der Waals surface area contributed by atoms with Gasteiger partial charge in [0.1, 0.15) is 5.76 Å². The molecule has 108 valence electrons. The van der Waals surface area contributed by atoms with Gasteiger partial charge in [0.05, 0.1) is 12.8 Å². The van der Waals surface area contributed by atoms with E-state index in [2.05, 4.69) is 46.7 Å². The van der Waals surface area contributed by atoms with Crippen molar-refractivity contribution in [3.05, 3.63) is 60.1 Å². The van der Waals surface area contributed by atoms with E-state index in [4.69, 9.17) is 4.42 Å². The fourth-order valence-corrected chi connectivity index (χ4v) is 3.87. The molecule has 0 amide bonds. The SMILES string of the molecule is CC(Sc1nnc(NCc2ccco2)s1)c1ccccc1. The van der Waals surface area contributed by atoms with E-state index in [1.165, 1.54) is 5.56 Å². The minimum Gasteiger partial charge on any atom is -0.467 e. The van der Waals surface area contributed by atoms with E-state index >= 15 is 0 Å². The zero-order chi connectivity index (χ0) is 14.5. The van der Waals surface area contributed by atoms with Gasteiger partial charge in [-0.05, 0) is 24.6 Å². The summed E-state index contributed by atoms with van der Waals surface area (Å²) in [5.74, 6) is 0.886. The smallest absolute Gasteiger partial charge is 0.206 e. The Balaban J connectivity index is 1.57. The number of rotatable bonds is 6. The zero-order valence-electron chi connectivity index (χ0n) is 11.5. The van der Waals surface area contributed by atoms with Crippen molar-refractivity contribution in [1.82, 2.24) is 10.2 Å². The standard InChI is InChI=1S/C15H15N3OS2/c1-11(12-6-3-2-4-7-12)20-15-18-17-14(21-15)16-10-13-8-5-9-19-13/h2-9,11H,10H2,1H3,(H,16,17). The molecular formula is C15H15N3OS2. The second kappa shape index (κ2) is 6.78. The first-order valence-corrected chi connectivity index (χ1v) is 8.32. The van der Waals surface area contributed by atoms with E-state index in [1.807, 2.05) is 18.2 Å². The zero-order valence-corrected chi connectivity index (χ0v) is 13.2. The summed E-state index contributed by atoms with van der Waals surface area (Å²) in [7, 11) is 0. The lowest BCUT2D eigenvalue weighted by molar-refractivity contribution is 0.518. The molecule has 0 bridgehead atoms. The highest BCUT2D eigenvalue weighted by Gasteiger charge is 2.11. The van der Waals surface area contributed by atoms with Gasteiger partial charge < -0.3 is 9.73 Å². The van der Waals surface area contributed by atoms with Gasteiger partial charge in [0.25, 0.3) is 0 Å². The van der Waals surface area contributed by atoms with Crippen molar-refractivity contribution in [3.8, 4) is 0 Å². The fourth-order valence-electron chi connectivity index (χ4n) is 1.85. The van der Waals surface area contributed by atoms with Crippen molar-refractivity contribution in [2.75, 3.05) is 5.32 Å². The molecule has 2 heterocycles. The van der Waals surface area contributed by atoms with E-state index in [9.17, 15) is 0 Å². The minimum absolute atomic E-state index is 0.358. The van der Waals surface area contributed by atoms with Gasteiger partial charge in [0.2, 0.25) is 5.13 Å². The minimum atomic E-state index is 0.358. The molecule has 0 saturated carbocycles. The Bertz CT molecular complexity index is 667. The Kier molecular flexibility index (Phi) is 4.57. The van der Waals surface area contributed by atoms with Gasteiger partial charge in [-0.3, -0.25) is 0 Å². The Morgan fingerprint density at radius 2 is 2.05 bits per heavy atom. The highest BCUT2D eigenvalue weighted by Crippen LogP contribution is 2.37. The average Bonchev–Trinajstić information content (AvgIpc) is 3.17. The Hall–Kier alpha value is -1.79. The Morgan fingerprint density at radius 3 is 2.81 bits per heavy atom. The molecular weight excluding hydrogens is 302 g/mol. The van der Waals surface area contributed by atoms with Crippen LogP contribution in [0.15, 0.2) is 57.5 Å². The molecule has 6 heteroatoms. The van der Waals surface area contributed by atoms with Crippen LogP contribution in [-0.2, 0) is 6.54 Å². The molecule has 0 aliphatic heterocycles. The van der Waals surface area contributed by atoms with Crippen LogP contribution in [0.3, 0.4) is 0 Å². The molecule has 21 heavy (non-hydrogen) atoms. The number of hydrogen-bond acceptors (Lipinski definition) is 6. The maximum Gasteiger partial charge on any atom is 0.206 e. The van der Waals surface area contributed by atoms with Gasteiger partial charge in [-0.2, -0.15) is 0 Å². The second-order valence-electron chi connectivity index (χ2n) is 4.48. The Labute approximate surface area is 131 Å². The van der Waals surface area contributed by atoms with Crippen molar-refractivity contribution < 1.29 is 4.42 Å². The summed E-state index contributed by atoms with van der Waals surface area (Å²) in [6, 6.07) is 14.2. The predicted molar refractivity (Wildman–Crippen MR) is 86.7 cm³/mol. The number of hydrogen-bond donors (Lipinski definition) is 1. The normalized spacial score (nSPS) is 12.2. The van der Waals surface area contributed by atoms with Crippen LogP contribution in [0.2, 0.25) is 0 Å². The molecule has 1 aromatic carbocycles. The number of aromatic nitrogens is 2. The van der Waals surface area contributed by atoms with Crippen LogP contribution < -0.4 is 5.32 Å². The summed E-state index contributed by atoms with van der Waals surface area (Å²) >= 11 is 3.29. The Morgan fingerprint density at radius 1 is 1.19 bits per heavy atom. The van der Waals surface area contributed by atoms with E-state index in [0.717, 1.165) is 15.2 Å². The second-order valence-corrected chi connectivity index (χ2v) is 7.04. The predicted octanol–water partition coefficient (Wildman–Crippen LogP) is 4.60. The summed E-state index contributed by atoms with van der Waals surface area (Å²) in [5, 5.41) is 12.8. The quantitative estimate of drug-likeness (QED) is 0.674. The monoisotopic (exact) mass is 317 g/mol. The van der Waals surface area contributed by atoms with Crippen LogP contribution in [0.5, 0.6) is 0 Å². The van der Waals surface area contributed by atoms with Crippen molar-refractivity contribution in [2.45, 2.75) is 23.1 Å². The number of nitrogens with zero attached hydrogens (tertiary/aromatic N) is 2. The van der Waals surface area contributed by atoms with Gasteiger partial charge >= 0.3 is 0 Å². The van der Waals surface area contributed by atoms with Crippen LogP contribution in [0, 0.1) is 0 Å². The summed E-state index contributed by atoms with van der Waals surface area (Å²) in [6.07, 6.45) is 1.67. The summed E-state index contributed by atoms with van der Waals surface area (Å²) < 4.78 is 6.24. The molecule has 0 aliphatic carbocycles. The number of benzene rings is 1. The lowest BCUT2D eigenvalue weighted by atomic mass is 10.2. The van der Waals surface area contributed by atoms with Crippen LogP contribution in [0.25, 0.3) is 0 Å². The summed E-state index contributed by atoms with van der Waals surface area (Å²) in [6.45, 7) is 2.80. The number of thioether (sulfide) groups is 1. The first-order chi connectivity index (χ1) is 10.3. The lowest BCUT2D eigenvalue weighted by Crippen LogP contribution is -1.96. The van der Waals surface area contributed by atoms with Gasteiger partial charge in [0.15, 0.2) is 4.34 Å². The summed E-state index contributed by atoms with van der Waals surface area (Å²) in [4.78, 5) is 0. The van der Waals surface area contributed by atoms with Gasteiger partial charge in [0, 0.05) is 5.25 Å². The van der Waals surface area contributed by atoms with Crippen molar-refractivity contribution in [2.24, 2.45) is 0 Å². The van der Waals surface area contributed by atoms with Crippen LogP contribution in [-0.4, -0.2) is 10.2 Å². The molecule has 3 aromatic rings. The number of nitrogens with one attached hydrogen (secondary N) is 1. The maximum absolute atomic E-state index is 5.27. The van der Waals surface area contributed by atoms with Crippen LogP contribution >= 0.6 is 23.1 Å². The third kappa shape index (κ3) is 3.86. The van der Waals surface area contributed by atoms with Crippen molar-refractivity contribution >= 4 is 28.2 Å².